The Morgan fingerprint density at radius 2 is 2.29 bits per heavy atom. The number of nitrogens with one attached hydrogen (secondary N) is 1. The maximum absolute atomic E-state index is 11.5. The van der Waals surface area contributed by atoms with Gasteiger partial charge in [-0.25, -0.2) is 0 Å². The van der Waals surface area contributed by atoms with Gasteiger partial charge in [0, 0.05) is 12.5 Å². The van der Waals surface area contributed by atoms with Crippen LogP contribution in [-0.4, -0.2) is 17.6 Å². The zero-order valence-electron chi connectivity index (χ0n) is 8.63. The number of aryl methyl sites for hydroxylation is 2. The van der Waals surface area contributed by atoms with E-state index in [2.05, 4.69) is 10.5 Å². The predicted molar refractivity (Wildman–Crippen MR) is 52.8 cm³/mol. The first-order chi connectivity index (χ1) is 6.56. The number of hydrogen-bond donors (Lipinski definition) is 2. The lowest BCUT2D eigenvalue weighted by Crippen LogP contribution is -2.27. The van der Waals surface area contributed by atoms with E-state index in [0.717, 1.165) is 0 Å². The van der Waals surface area contributed by atoms with Crippen molar-refractivity contribution in [2.75, 3.05) is 11.9 Å². The number of amides is 1. The lowest BCUT2D eigenvalue weighted by atomic mass is 10.1. The van der Waals surface area contributed by atoms with Crippen molar-refractivity contribution in [1.29, 1.82) is 0 Å². The Kier molecular flexibility index (Phi) is 3.24. The molecule has 0 fully saturated rings. The van der Waals surface area contributed by atoms with Crippen LogP contribution in [0.2, 0.25) is 0 Å². The molecule has 0 radical (unpaired) electrons. The van der Waals surface area contributed by atoms with Gasteiger partial charge in [0.1, 0.15) is 11.4 Å². The Labute approximate surface area is 82.6 Å². The van der Waals surface area contributed by atoms with E-state index in [1.165, 1.54) is 0 Å². The maximum atomic E-state index is 11.5. The number of aromatic nitrogens is 1. The van der Waals surface area contributed by atoms with Gasteiger partial charge in [0.2, 0.25) is 5.91 Å². The lowest BCUT2D eigenvalue weighted by Gasteiger charge is -2.08. The third-order valence-corrected chi connectivity index (χ3v) is 2.08. The molecule has 5 nitrogen and oxygen atoms in total. The number of nitrogens with zero attached hydrogens (tertiary/aromatic N) is 1. The second kappa shape index (κ2) is 4.23. The first kappa shape index (κ1) is 10.7. The molecule has 0 aliphatic heterocycles. The Hall–Kier alpha value is -1.36. The van der Waals surface area contributed by atoms with Crippen LogP contribution < -0.4 is 11.1 Å². The summed E-state index contributed by atoms with van der Waals surface area (Å²) in [7, 11) is 0. The van der Waals surface area contributed by atoms with Gasteiger partial charge in [-0.05, 0) is 13.8 Å². The Balaban J connectivity index is 2.74. The van der Waals surface area contributed by atoms with Crippen LogP contribution in [0.5, 0.6) is 0 Å². The highest BCUT2D eigenvalue weighted by Crippen LogP contribution is 2.19. The fourth-order valence-electron chi connectivity index (χ4n) is 1.01. The molecule has 5 heteroatoms. The van der Waals surface area contributed by atoms with E-state index in [4.69, 9.17) is 10.3 Å². The average molecular weight is 197 g/mol. The van der Waals surface area contributed by atoms with E-state index in [1.807, 2.05) is 0 Å². The van der Waals surface area contributed by atoms with Crippen molar-refractivity contribution in [3.63, 3.8) is 0 Å². The molecular weight excluding hydrogens is 182 g/mol. The lowest BCUT2D eigenvalue weighted by molar-refractivity contribution is -0.119. The van der Waals surface area contributed by atoms with E-state index in [1.54, 1.807) is 20.8 Å². The normalized spacial score (nSPS) is 12.6. The summed E-state index contributed by atoms with van der Waals surface area (Å²) in [5.41, 5.74) is 6.71. The van der Waals surface area contributed by atoms with Crippen LogP contribution in [0.15, 0.2) is 4.52 Å². The summed E-state index contributed by atoms with van der Waals surface area (Å²) < 4.78 is 4.91. The van der Waals surface area contributed by atoms with E-state index in [-0.39, 0.29) is 11.8 Å². The summed E-state index contributed by atoms with van der Waals surface area (Å²) in [6.07, 6.45) is 0. The maximum Gasteiger partial charge on any atom is 0.228 e. The highest BCUT2D eigenvalue weighted by Gasteiger charge is 2.15. The second-order valence-corrected chi connectivity index (χ2v) is 3.33. The Bertz CT molecular complexity index is 313. The van der Waals surface area contributed by atoms with Gasteiger partial charge in [-0.15, -0.1) is 0 Å². The molecule has 0 saturated carbocycles. The van der Waals surface area contributed by atoms with Crippen molar-refractivity contribution in [3.8, 4) is 0 Å². The second-order valence-electron chi connectivity index (χ2n) is 3.33. The highest BCUT2D eigenvalue weighted by molar-refractivity contribution is 5.93. The first-order valence-corrected chi connectivity index (χ1v) is 4.50. The minimum Gasteiger partial charge on any atom is -0.359 e. The molecule has 0 aliphatic carbocycles. The van der Waals surface area contributed by atoms with Gasteiger partial charge in [0.25, 0.3) is 0 Å². The number of anilines is 1. The monoisotopic (exact) mass is 197 g/mol. The molecule has 0 aromatic carbocycles. The molecule has 14 heavy (non-hydrogen) atoms. The summed E-state index contributed by atoms with van der Waals surface area (Å²) in [5, 5.41) is 6.47. The van der Waals surface area contributed by atoms with Gasteiger partial charge in [-0.2, -0.15) is 0 Å². The van der Waals surface area contributed by atoms with E-state index in [9.17, 15) is 4.79 Å². The summed E-state index contributed by atoms with van der Waals surface area (Å²) in [6, 6.07) is 0. The van der Waals surface area contributed by atoms with Gasteiger partial charge in [-0.3, -0.25) is 4.79 Å². The van der Waals surface area contributed by atoms with Gasteiger partial charge < -0.3 is 15.6 Å². The third kappa shape index (κ3) is 2.11. The van der Waals surface area contributed by atoms with Crippen LogP contribution >= 0.6 is 0 Å². The molecule has 0 saturated heterocycles. The molecule has 0 aliphatic rings. The van der Waals surface area contributed by atoms with Gasteiger partial charge in [-0.1, -0.05) is 12.1 Å². The molecule has 78 valence electrons. The molecule has 1 amide bonds. The molecule has 3 N–H and O–H groups in total. The van der Waals surface area contributed by atoms with Crippen LogP contribution in [0.4, 0.5) is 5.69 Å². The molecule has 0 bridgehead atoms. The number of carbonyl (C=O) groups excluding carboxylic acids is 1. The largest absolute Gasteiger partial charge is 0.359 e. The van der Waals surface area contributed by atoms with Gasteiger partial charge in [0.05, 0.1) is 0 Å². The zero-order valence-corrected chi connectivity index (χ0v) is 8.63. The van der Waals surface area contributed by atoms with Gasteiger partial charge >= 0.3 is 0 Å². The molecule has 1 unspecified atom stereocenters. The van der Waals surface area contributed by atoms with E-state index < -0.39 is 0 Å². The quantitative estimate of drug-likeness (QED) is 0.751. The Morgan fingerprint density at radius 1 is 1.64 bits per heavy atom. The van der Waals surface area contributed by atoms with Gasteiger partial charge in [0.15, 0.2) is 5.76 Å². The molecular formula is C9H15N3O2. The molecule has 1 atom stereocenters. The van der Waals surface area contributed by atoms with Crippen molar-refractivity contribution in [1.82, 2.24) is 5.16 Å². The third-order valence-electron chi connectivity index (χ3n) is 2.08. The smallest absolute Gasteiger partial charge is 0.228 e. The topological polar surface area (TPSA) is 81.2 Å². The van der Waals surface area contributed by atoms with Crippen molar-refractivity contribution < 1.29 is 9.32 Å². The SMILES string of the molecule is Cc1noc(C)c1NC(=O)C(C)CN. The molecule has 1 rings (SSSR count). The summed E-state index contributed by atoms with van der Waals surface area (Å²) in [6.45, 7) is 5.63. The summed E-state index contributed by atoms with van der Waals surface area (Å²) in [4.78, 5) is 11.5. The van der Waals surface area contributed by atoms with Crippen molar-refractivity contribution in [3.05, 3.63) is 11.5 Å². The van der Waals surface area contributed by atoms with Crippen molar-refractivity contribution >= 4 is 11.6 Å². The predicted octanol–water partition coefficient (Wildman–Crippen LogP) is 0.825. The minimum atomic E-state index is -0.205. The number of rotatable bonds is 3. The summed E-state index contributed by atoms with van der Waals surface area (Å²) in [5.74, 6) is 0.297. The summed E-state index contributed by atoms with van der Waals surface area (Å²) >= 11 is 0. The van der Waals surface area contributed by atoms with Crippen LogP contribution in [0, 0.1) is 19.8 Å². The number of hydrogen-bond acceptors (Lipinski definition) is 4. The molecule has 1 aromatic rings. The fourth-order valence-corrected chi connectivity index (χ4v) is 1.01. The molecule has 0 spiro atoms. The van der Waals surface area contributed by atoms with Crippen LogP contribution in [-0.2, 0) is 4.79 Å². The van der Waals surface area contributed by atoms with Crippen molar-refractivity contribution in [2.24, 2.45) is 11.7 Å². The van der Waals surface area contributed by atoms with Crippen LogP contribution in [0.25, 0.3) is 0 Å². The minimum absolute atomic E-state index is 0.109. The van der Waals surface area contributed by atoms with E-state index >= 15 is 0 Å². The average Bonchev–Trinajstić information content (AvgIpc) is 2.48. The van der Waals surface area contributed by atoms with Crippen molar-refractivity contribution in [2.45, 2.75) is 20.8 Å². The molecule has 1 heterocycles. The fraction of sp³-hybridized carbons (Fsp3) is 0.556. The highest BCUT2D eigenvalue weighted by atomic mass is 16.5. The van der Waals surface area contributed by atoms with Crippen LogP contribution in [0.1, 0.15) is 18.4 Å². The van der Waals surface area contributed by atoms with Crippen LogP contribution in [0.3, 0.4) is 0 Å². The Morgan fingerprint density at radius 3 is 2.71 bits per heavy atom. The van der Waals surface area contributed by atoms with E-state index in [0.29, 0.717) is 23.7 Å². The number of carbonyl (C=O) groups is 1. The standard InChI is InChI=1S/C9H15N3O2/c1-5(4-10)9(13)11-8-6(2)12-14-7(8)3/h5H,4,10H2,1-3H3,(H,11,13). The number of nitrogens with two attached hydrogens (primary N) is 1. The molecule has 1 aromatic heterocycles. The zero-order chi connectivity index (χ0) is 10.7. The first-order valence-electron chi connectivity index (χ1n) is 4.50.